The number of hydrogen-bond donors (Lipinski definition) is 2. The molecular formula is C21H21FN2O5. The molecule has 2 aromatic rings. The van der Waals surface area contributed by atoms with E-state index in [0.717, 1.165) is 0 Å². The number of amides is 2. The topological polar surface area (TPSA) is 95.9 Å². The molecule has 8 heteroatoms. The average molecular weight is 400 g/mol. The van der Waals surface area contributed by atoms with Crippen LogP contribution in [-0.4, -0.2) is 46.9 Å². The number of carboxylic acid groups (broad SMARTS) is 1. The fraction of sp³-hybridized carbons (Fsp3) is 0.286. The third-order valence-corrected chi connectivity index (χ3v) is 4.68. The average Bonchev–Trinajstić information content (AvgIpc) is 3.10. The summed E-state index contributed by atoms with van der Waals surface area (Å²) < 4.78 is 18.5. The van der Waals surface area contributed by atoms with Gasteiger partial charge in [0.25, 0.3) is 5.91 Å². The molecule has 0 unspecified atom stereocenters. The summed E-state index contributed by atoms with van der Waals surface area (Å²) in [6, 6.07) is 10.9. The predicted octanol–water partition coefficient (Wildman–Crippen LogP) is 2.67. The Kier molecular flexibility index (Phi) is 6.11. The van der Waals surface area contributed by atoms with Crippen LogP contribution in [0.15, 0.2) is 48.5 Å². The number of carbonyl (C=O) groups excluding carboxylic acids is 2. The summed E-state index contributed by atoms with van der Waals surface area (Å²) in [7, 11) is 0. The summed E-state index contributed by atoms with van der Waals surface area (Å²) in [6.07, 6.45) is 0.407. The SMILES string of the molecule is C[C@@H]1C[C@@H](C(=O)O)N(C(=O)CNC(=O)c2ccc(Oc3ccc(F)cc3)cc2)C1. The molecule has 0 aliphatic carbocycles. The zero-order chi connectivity index (χ0) is 21.0. The van der Waals surface area contributed by atoms with Crippen molar-refractivity contribution >= 4 is 17.8 Å². The monoisotopic (exact) mass is 400 g/mol. The number of carboxylic acids is 1. The molecule has 0 bridgehead atoms. The number of hydrogen-bond acceptors (Lipinski definition) is 4. The van der Waals surface area contributed by atoms with E-state index < -0.39 is 23.8 Å². The summed E-state index contributed by atoms with van der Waals surface area (Å²) in [4.78, 5) is 37.2. The van der Waals surface area contributed by atoms with Gasteiger partial charge < -0.3 is 20.1 Å². The van der Waals surface area contributed by atoms with Crippen LogP contribution in [0.25, 0.3) is 0 Å². The fourth-order valence-corrected chi connectivity index (χ4v) is 3.23. The molecule has 7 nitrogen and oxygen atoms in total. The highest BCUT2D eigenvalue weighted by Crippen LogP contribution is 2.23. The Bertz CT molecular complexity index is 898. The van der Waals surface area contributed by atoms with Crippen LogP contribution in [0.3, 0.4) is 0 Å². The first-order chi connectivity index (χ1) is 13.8. The van der Waals surface area contributed by atoms with Gasteiger partial charge in [0.1, 0.15) is 23.4 Å². The van der Waals surface area contributed by atoms with Crippen molar-refractivity contribution in [1.29, 1.82) is 0 Å². The number of halogens is 1. The van der Waals surface area contributed by atoms with Crippen molar-refractivity contribution in [2.24, 2.45) is 5.92 Å². The Morgan fingerprint density at radius 2 is 1.69 bits per heavy atom. The molecule has 2 atom stereocenters. The molecule has 152 valence electrons. The second-order valence-corrected chi connectivity index (χ2v) is 7.00. The van der Waals surface area contributed by atoms with Gasteiger partial charge in [-0.15, -0.1) is 0 Å². The molecule has 3 rings (SSSR count). The number of aliphatic carboxylic acids is 1. The highest BCUT2D eigenvalue weighted by Gasteiger charge is 2.37. The minimum Gasteiger partial charge on any atom is -0.480 e. The van der Waals surface area contributed by atoms with Crippen molar-refractivity contribution in [3.05, 3.63) is 59.9 Å². The summed E-state index contributed by atoms with van der Waals surface area (Å²) in [5.41, 5.74) is 0.328. The molecule has 29 heavy (non-hydrogen) atoms. The third kappa shape index (κ3) is 5.10. The largest absolute Gasteiger partial charge is 0.480 e. The van der Waals surface area contributed by atoms with Gasteiger partial charge in [-0.25, -0.2) is 9.18 Å². The van der Waals surface area contributed by atoms with Gasteiger partial charge in [-0.05, 0) is 60.9 Å². The minimum absolute atomic E-state index is 0.101. The number of rotatable bonds is 6. The molecule has 0 aromatic heterocycles. The molecule has 0 spiro atoms. The molecule has 1 saturated heterocycles. The van der Waals surface area contributed by atoms with Crippen molar-refractivity contribution < 1.29 is 28.6 Å². The first-order valence-electron chi connectivity index (χ1n) is 9.17. The maximum absolute atomic E-state index is 12.9. The molecule has 2 amide bonds. The molecule has 1 fully saturated rings. The number of ether oxygens (including phenoxy) is 1. The van der Waals surface area contributed by atoms with Gasteiger partial charge in [-0.2, -0.15) is 0 Å². The molecule has 2 aromatic carbocycles. The van der Waals surface area contributed by atoms with E-state index in [0.29, 0.717) is 30.0 Å². The lowest BCUT2D eigenvalue weighted by molar-refractivity contribution is -0.147. The first kappa shape index (κ1) is 20.3. The van der Waals surface area contributed by atoms with Gasteiger partial charge in [-0.3, -0.25) is 9.59 Å². The summed E-state index contributed by atoms with van der Waals surface area (Å²) in [5.74, 6) is -1.24. The fourth-order valence-electron chi connectivity index (χ4n) is 3.23. The second-order valence-electron chi connectivity index (χ2n) is 7.00. The first-order valence-corrected chi connectivity index (χ1v) is 9.17. The van der Waals surface area contributed by atoms with Gasteiger partial charge in [0.05, 0.1) is 6.54 Å². The van der Waals surface area contributed by atoms with E-state index in [1.54, 1.807) is 12.1 Å². The van der Waals surface area contributed by atoms with Crippen LogP contribution in [-0.2, 0) is 9.59 Å². The smallest absolute Gasteiger partial charge is 0.326 e. The molecular weight excluding hydrogens is 379 g/mol. The number of likely N-dealkylation sites (tertiary alicyclic amines) is 1. The quantitative estimate of drug-likeness (QED) is 0.777. The van der Waals surface area contributed by atoms with E-state index in [-0.39, 0.29) is 18.3 Å². The Morgan fingerprint density at radius 3 is 2.28 bits per heavy atom. The van der Waals surface area contributed by atoms with Crippen molar-refractivity contribution in [2.45, 2.75) is 19.4 Å². The summed E-state index contributed by atoms with van der Waals surface area (Å²) in [6.45, 7) is 1.97. The van der Waals surface area contributed by atoms with Crippen molar-refractivity contribution in [3.63, 3.8) is 0 Å². The second kappa shape index (κ2) is 8.72. The number of nitrogens with zero attached hydrogens (tertiary/aromatic N) is 1. The standard InChI is InChI=1S/C21H21FN2O5/c1-13-10-18(21(27)28)24(12-13)19(25)11-23-20(26)14-2-6-16(7-3-14)29-17-8-4-15(22)5-9-17/h2-9,13,18H,10-12H2,1H3,(H,23,26)(H,27,28)/t13-,18+/m1/s1. The van der Waals surface area contributed by atoms with E-state index in [9.17, 15) is 23.9 Å². The maximum Gasteiger partial charge on any atom is 0.326 e. The Hall–Kier alpha value is -3.42. The highest BCUT2D eigenvalue weighted by atomic mass is 19.1. The molecule has 1 aliphatic heterocycles. The van der Waals surface area contributed by atoms with Gasteiger partial charge in [0.15, 0.2) is 0 Å². The van der Waals surface area contributed by atoms with E-state index in [4.69, 9.17) is 4.74 Å². The van der Waals surface area contributed by atoms with Gasteiger partial charge in [0.2, 0.25) is 5.91 Å². The van der Waals surface area contributed by atoms with Gasteiger partial charge in [-0.1, -0.05) is 6.92 Å². The summed E-state index contributed by atoms with van der Waals surface area (Å²) in [5, 5.41) is 11.8. The van der Waals surface area contributed by atoms with Crippen LogP contribution in [0.1, 0.15) is 23.7 Å². The van der Waals surface area contributed by atoms with Crippen molar-refractivity contribution in [1.82, 2.24) is 10.2 Å². The minimum atomic E-state index is -1.04. The van der Waals surface area contributed by atoms with Crippen LogP contribution in [0.2, 0.25) is 0 Å². The van der Waals surface area contributed by atoms with Gasteiger partial charge in [0, 0.05) is 12.1 Å². The van der Waals surface area contributed by atoms with Gasteiger partial charge >= 0.3 is 5.97 Å². The third-order valence-electron chi connectivity index (χ3n) is 4.68. The summed E-state index contributed by atoms with van der Waals surface area (Å²) >= 11 is 0. The predicted molar refractivity (Wildman–Crippen MR) is 102 cm³/mol. The number of nitrogens with one attached hydrogen (secondary N) is 1. The van der Waals surface area contributed by atoms with Crippen LogP contribution in [0.5, 0.6) is 11.5 Å². The molecule has 0 radical (unpaired) electrons. The van der Waals surface area contributed by atoms with Crippen LogP contribution in [0.4, 0.5) is 4.39 Å². The number of carbonyl (C=O) groups is 3. The van der Waals surface area contributed by atoms with Crippen LogP contribution < -0.4 is 10.1 Å². The lowest BCUT2D eigenvalue weighted by Gasteiger charge is -2.21. The van der Waals surface area contributed by atoms with Crippen molar-refractivity contribution in [3.8, 4) is 11.5 Å². The molecule has 1 aliphatic rings. The maximum atomic E-state index is 12.9. The Labute approximate surface area is 167 Å². The molecule has 1 heterocycles. The molecule has 0 saturated carbocycles. The van der Waals surface area contributed by atoms with E-state index in [1.165, 1.54) is 41.3 Å². The van der Waals surface area contributed by atoms with Crippen LogP contribution in [0, 0.1) is 11.7 Å². The normalized spacial score (nSPS) is 18.3. The Balaban J connectivity index is 1.54. The zero-order valence-electron chi connectivity index (χ0n) is 15.8. The number of benzene rings is 2. The van der Waals surface area contributed by atoms with E-state index >= 15 is 0 Å². The van der Waals surface area contributed by atoms with Crippen molar-refractivity contribution in [2.75, 3.05) is 13.1 Å². The Morgan fingerprint density at radius 1 is 1.10 bits per heavy atom. The highest BCUT2D eigenvalue weighted by molar-refractivity contribution is 5.97. The zero-order valence-corrected chi connectivity index (χ0v) is 15.8. The lowest BCUT2D eigenvalue weighted by atomic mass is 10.1. The van der Waals surface area contributed by atoms with Crippen LogP contribution >= 0.6 is 0 Å². The van der Waals surface area contributed by atoms with E-state index in [2.05, 4.69) is 5.32 Å². The molecule has 2 N–H and O–H groups in total. The van der Waals surface area contributed by atoms with E-state index in [1.807, 2.05) is 6.92 Å². The lowest BCUT2D eigenvalue weighted by Crippen LogP contribution is -2.45.